The highest BCUT2D eigenvalue weighted by Gasteiger charge is 2.41. The van der Waals surface area contributed by atoms with Gasteiger partial charge in [0.25, 0.3) is 0 Å². The van der Waals surface area contributed by atoms with Gasteiger partial charge in [0.05, 0.1) is 11.3 Å². The van der Waals surface area contributed by atoms with Crippen molar-refractivity contribution in [3.8, 4) is 0 Å². The summed E-state index contributed by atoms with van der Waals surface area (Å²) in [7, 11) is 0. The van der Waals surface area contributed by atoms with Crippen molar-refractivity contribution in [2.24, 2.45) is 11.7 Å². The van der Waals surface area contributed by atoms with Crippen LogP contribution < -0.4 is 16.4 Å². The van der Waals surface area contributed by atoms with Gasteiger partial charge in [-0.2, -0.15) is 0 Å². The van der Waals surface area contributed by atoms with Crippen LogP contribution in [0.15, 0.2) is 30.6 Å². The van der Waals surface area contributed by atoms with E-state index in [0.29, 0.717) is 29.2 Å². The summed E-state index contributed by atoms with van der Waals surface area (Å²) in [6.07, 6.45) is 9.08. The normalized spacial score (nSPS) is 23.4. The second kappa shape index (κ2) is 8.16. The molecule has 4 heterocycles. The lowest BCUT2D eigenvalue weighted by Gasteiger charge is -2.29. The Kier molecular flexibility index (Phi) is 5.18. The zero-order valence-electron chi connectivity index (χ0n) is 20.5. The largest absolute Gasteiger partial charge is 0.458 e. The summed E-state index contributed by atoms with van der Waals surface area (Å²) < 4.78 is 5.50. The maximum absolute atomic E-state index is 12.4. The number of ether oxygens (including phenoxy) is 1. The Labute approximate surface area is 205 Å². The third-order valence-electron chi connectivity index (χ3n) is 7.75. The monoisotopic (exact) mass is 472 g/mol. The predicted octanol–water partition coefficient (Wildman–Crippen LogP) is 4.98. The fourth-order valence-electron chi connectivity index (χ4n) is 5.26. The van der Waals surface area contributed by atoms with E-state index in [0.717, 1.165) is 47.1 Å². The van der Waals surface area contributed by atoms with Gasteiger partial charge in [0.15, 0.2) is 0 Å². The Morgan fingerprint density at radius 3 is 2.63 bits per heavy atom. The average Bonchev–Trinajstić information content (AvgIpc) is 3.73. The number of rotatable bonds is 7. The molecule has 3 aromatic rings. The molecule has 6 rings (SSSR count). The molecule has 8 nitrogen and oxygen atoms in total. The Morgan fingerprint density at radius 2 is 1.91 bits per heavy atom. The lowest BCUT2D eigenvalue weighted by atomic mass is 9.86. The molecular weight excluding hydrogens is 440 g/mol. The summed E-state index contributed by atoms with van der Waals surface area (Å²) in [5.41, 5.74) is 8.77. The number of esters is 1. The van der Waals surface area contributed by atoms with Crippen molar-refractivity contribution >= 4 is 34.2 Å². The van der Waals surface area contributed by atoms with Crippen molar-refractivity contribution in [1.82, 2.24) is 15.0 Å². The molecule has 2 aliphatic carbocycles. The zero-order valence-corrected chi connectivity index (χ0v) is 20.5. The summed E-state index contributed by atoms with van der Waals surface area (Å²) in [6.45, 7) is 6.12. The van der Waals surface area contributed by atoms with Crippen LogP contribution in [-0.2, 0) is 10.3 Å². The van der Waals surface area contributed by atoms with Crippen LogP contribution in [0.25, 0.3) is 10.8 Å². The molecule has 2 fully saturated rings. The molecule has 3 atom stereocenters. The molecule has 0 amide bonds. The average molecular weight is 473 g/mol. The molecule has 35 heavy (non-hydrogen) atoms. The van der Waals surface area contributed by atoms with Crippen LogP contribution in [0, 0.1) is 5.92 Å². The van der Waals surface area contributed by atoms with Crippen molar-refractivity contribution in [2.75, 3.05) is 10.6 Å². The molecule has 3 aliphatic rings. The molecule has 8 heteroatoms. The van der Waals surface area contributed by atoms with Gasteiger partial charge in [-0.05, 0) is 81.0 Å². The van der Waals surface area contributed by atoms with Gasteiger partial charge in [-0.1, -0.05) is 6.92 Å². The lowest BCUT2D eigenvalue weighted by molar-refractivity contribution is 0.0215. The van der Waals surface area contributed by atoms with Gasteiger partial charge in [-0.15, -0.1) is 0 Å². The summed E-state index contributed by atoms with van der Waals surface area (Å²) in [4.78, 5) is 26.6. The first-order chi connectivity index (χ1) is 16.8. The van der Waals surface area contributed by atoms with Gasteiger partial charge in [-0.25, -0.2) is 19.7 Å². The Bertz CT molecular complexity index is 1310. The van der Waals surface area contributed by atoms with Crippen LogP contribution in [0.3, 0.4) is 0 Å². The van der Waals surface area contributed by atoms with Gasteiger partial charge in [0.1, 0.15) is 23.6 Å². The topological polar surface area (TPSA) is 115 Å². The third kappa shape index (κ3) is 3.99. The Balaban J connectivity index is 1.39. The predicted molar refractivity (Wildman–Crippen MR) is 136 cm³/mol. The molecule has 0 saturated heterocycles. The van der Waals surface area contributed by atoms with Crippen molar-refractivity contribution in [3.63, 3.8) is 0 Å². The van der Waals surface area contributed by atoms with E-state index in [-0.39, 0.29) is 18.0 Å². The molecule has 2 saturated carbocycles. The minimum atomic E-state index is -0.448. The van der Waals surface area contributed by atoms with E-state index in [1.54, 1.807) is 12.1 Å². The van der Waals surface area contributed by atoms with Crippen LogP contribution in [0.4, 0.5) is 17.5 Å². The van der Waals surface area contributed by atoms with Crippen molar-refractivity contribution in [2.45, 2.75) is 76.5 Å². The highest BCUT2D eigenvalue weighted by atomic mass is 16.5. The maximum Gasteiger partial charge on any atom is 0.340 e. The molecular formula is C27H32N6O2. The number of cyclic esters (lactones) is 1. The van der Waals surface area contributed by atoms with Gasteiger partial charge in [0, 0.05) is 35.3 Å². The number of nitrogens with zero attached hydrogens (tertiary/aromatic N) is 3. The Morgan fingerprint density at radius 1 is 1.11 bits per heavy atom. The van der Waals surface area contributed by atoms with E-state index in [9.17, 15) is 4.79 Å². The number of nitrogens with one attached hydrogen (secondary N) is 2. The summed E-state index contributed by atoms with van der Waals surface area (Å²) in [5, 5.41) is 8.94. The number of hydrogen-bond acceptors (Lipinski definition) is 8. The highest BCUT2D eigenvalue weighted by Crippen LogP contribution is 2.46. The van der Waals surface area contributed by atoms with E-state index in [1.807, 2.05) is 25.4 Å². The summed E-state index contributed by atoms with van der Waals surface area (Å²) in [6, 6.07) is 6.13. The second-order valence-electron chi connectivity index (χ2n) is 10.5. The number of pyridine rings is 3. The molecule has 182 valence electrons. The number of carbonyl (C=O) groups excluding carboxylic acids is 1. The maximum atomic E-state index is 12.4. The van der Waals surface area contributed by atoms with Crippen LogP contribution in [-0.4, -0.2) is 33.1 Å². The lowest BCUT2D eigenvalue weighted by Crippen LogP contribution is -2.35. The van der Waals surface area contributed by atoms with Gasteiger partial charge in [0.2, 0.25) is 0 Å². The first-order valence-corrected chi connectivity index (χ1v) is 12.7. The van der Waals surface area contributed by atoms with Gasteiger partial charge in [-0.3, -0.25) is 0 Å². The van der Waals surface area contributed by atoms with E-state index in [4.69, 9.17) is 25.4 Å². The fraction of sp³-hybridized carbons (Fsp3) is 0.481. The van der Waals surface area contributed by atoms with E-state index in [1.165, 1.54) is 12.8 Å². The standard InChI is InChI=1S/C27H32N6O2/c1-4-17-14(2)35-26(34)18-9-10-22(33-24(17)18)32-23-11-19-20(12-29-23)25(31-16-7-8-16)30-13-21(19)27(3,28)15-5-6-15/h9-17H,4-8,28H2,1-3H3,(H,30,31)(H,29,32,33)/t14-,17-,27-/m0/s1. The van der Waals surface area contributed by atoms with E-state index >= 15 is 0 Å². The second-order valence-corrected chi connectivity index (χ2v) is 10.5. The van der Waals surface area contributed by atoms with Gasteiger partial charge < -0.3 is 21.1 Å². The zero-order chi connectivity index (χ0) is 24.3. The smallest absolute Gasteiger partial charge is 0.340 e. The first-order valence-electron chi connectivity index (χ1n) is 12.7. The quantitative estimate of drug-likeness (QED) is 0.413. The van der Waals surface area contributed by atoms with Crippen LogP contribution in [0.2, 0.25) is 0 Å². The first kappa shape index (κ1) is 22.2. The van der Waals surface area contributed by atoms with Crippen molar-refractivity contribution in [3.05, 3.63) is 47.4 Å². The Hall–Kier alpha value is -3.26. The number of aromatic nitrogens is 3. The number of fused-ring (bicyclic) bond motifs is 2. The minimum Gasteiger partial charge on any atom is -0.458 e. The minimum absolute atomic E-state index is 0.0687. The number of nitrogens with two attached hydrogens (primary N) is 1. The summed E-state index contributed by atoms with van der Waals surface area (Å²) in [5.74, 6) is 2.42. The van der Waals surface area contributed by atoms with Crippen LogP contribution in [0.1, 0.15) is 80.4 Å². The molecule has 0 bridgehead atoms. The molecule has 0 spiro atoms. The fourth-order valence-corrected chi connectivity index (χ4v) is 5.26. The van der Waals surface area contributed by atoms with Gasteiger partial charge >= 0.3 is 5.97 Å². The van der Waals surface area contributed by atoms with Crippen molar-refractivity contribution in [1.29, 1.82) is 0 Å². The number of anilines is 3. The highest BCUT2D eigenvalue weighted by molar-refractivity contribution is 5.96. The van der Waals surface area contributed by atoms with Crippen LogP contribution in [0.5, 0.6) is 0 Å². The molecule has 0 unspecified atom stereocenters. The number of carbonyl (C=O) groups is 1. The molecule has 3 aromatic heterocycles. The molecule has 0 aromatic carbocycles. The number of hydrogen-bond donors (Lipinski definition) is 3. The van der Waals surface area contributed by atoms with E-state index < -0.39 is 5.54 Å². The van der Waals surface area contributed by atoms with Crippen LogP contribution >= 0.6 is 0 Å². The SMILES string of the molecule is CC[C@@H]1c2nc(Nc3cc4c([C@@](C)(N)C5CC5)cnc(NC5CC5)c4cn3)ccc2C(=O)O[C@H]1C. The molecule has 1 aliphatic heterocycles. The third-order valence-corrected chi connectivity index (χ3v) is 7.75. The molecule has 4 N–H and O–H groups in total. The van der Waals surface area contributed by atoms with Crippen molar-refractivity contribution < 1.29 is 9.53 Å². The molecule has 0 radical (unpaired) electrons. The van der Waals surface area contributed by atoms with E-state index in [2.05, 4.69) is 24.5 Å². The summed E-state index contributed by atoms with van der Waals surface area (Å²) >= 11 is 0.